The van der Waals surface area contributed by atoms with Gasteiger partial charge >= 0.3 is 0 Å². The van der Waals surface area contributed by atoms with E-state index in [-0.39, 0.29) is 5.91 Å². The van der Waals surface area contributed by atoms with Crippen LogP contribution in [0.2, 0.25) is 0 Å². The predicted molar refractivity (Wildman–Crippen MR) is 76.2 cm³/mol. The van der Waals surface area contributed by atoms with Crippen LogP contribution in [-0.2, 0) is 9.53 Å². The number of carbonyl (C=O) groups is 1. The Morgan fingerprint density at radius 1 is 1.35 bits per heavy atom. The number of nitrogens with one attached hydrogen (secondary N) is 2. The number of ether oxygens (including phenoxy) is 1. The van der Waals surface area contributed by atoms with E-state index in [0.717, 1.165) is 29.8 Å². The van der Waals surface area contributed by atoms with Gasteiger partial charge in [0.05, 0.1) is 5.69 Å². The number of hydrogen-bond acceptors (Lipinski definition) is 3. The molecule has 1 aliphatic heterocycles. The molecule has 1 aromatic carbocycles. The number of H-pyrrole nitrogens is 1. The number of benzene rings is 1. The lowest BCUT2D eigenvalue weighted by atomic mass is 10.0. The highest BCUT2D eigenvalue weighted by Crippen LogP contribution is 2.27. The molecule has 3 rings (SSSR count). The highest BCUT2D eigenvalue weighted by atomic mass is 16.5. The molecule has 0 spiro atoms. The van der Waals surface area contributed by atoms with Gasteiger partial charge in [0, 0.05) is 18.5 Å². The van der Waals surface area contributed by atoms with Gasteiger partial charge in [-0.15, -0.1) is 0 Å². The summed E-state index contributed by atoms with van der Waals surface area (Å²) in [6.07, 6.45) is 3.41. The maximum absolute atomic E-state index is 12.2. The van der Waals surface area contributed by atoms with Gasteiger partial charge in [0.2, 0.25) is 0 Å². The third kappa shape index (κ3) is 2.44. The normalized spacial score (nSPS) is 21.9. The fourth-order valence-electron chi connectivity index (χ4n) is 2.37. The minimum Gasteiger partial charge on any atom is -0.365 e. The third-order valence-corrected chi connectivity index (χ3v) is 3.65. The van der Waals surface area contributed by atoms with Crippen LogP contribution in [0, 0.1) is 0 Å². The third-order valence-electron chi connectivity index (χ3n) is 3.65. The molecule has 1 amide bonds. The molecule has 1 aromatic heterocycles. The number of nitrogens with zero attached hydrogens (tertiary/aromatic N) is 1. The number of anilines is 1. The summed E-state index contributed by atoms with van der Waals surface area (Å²) in [5, 5.41) is 9.73. The van der Waals surface area contributed by atoms with Crippen molar-refractivity contribution >= 4 is 11.6 Å². The Kier molecular flexibility index (Phi) is 3.28. The number of aromatic amines is 1. The lowest BCUT2D eigenvalue weighted by Gasteiger charge is -2.21. The van der Waals surface area contributed by atoms with E-state index in [9.17, 15) is 4.79 Å². The second-order valence-electron chi connectivity index (χ2n) is 5.18. The highest BCUT2D eigenvalue weighted by Gasteiger charge is 2.37. The quantitative estimate of drug-likeness (QED) is 0.901. The van der Waals surface area contributed by atoms with Crippen molar-refractivity contribution in [3.63, 3.8) is 0 Å². The van der Waals surface area contributed by atoms with Crippen molar-refractivity contribution in [1.82, 2.24) is 10.2 Å². The molecule has 1 aliphatic rings. The number of rotatable bonds is 3. The molecule has 1 atom stereocenters. The first-order valence-electron chi connectivity index (χ1n) is 6.73. The van der Waals surface area contributed by atoms with Crippen LogP contribution in [0.15, 0.2) is 36.5 Å². The van der Waals surface area contributed by atoms with Gasteiger partial charge in [-0.2, -0.15) is 5.10 Å². The van der Waals surface area contributed by atoms with Gasteiger partial charge in [-0.05, 0) is 43.5 Å². The van der Waals surface area contributed by atoms with Crippen molar-refractivity contribution < 1.29 is 9.53 Å². The Bertz CT molecular complexity index is 584. The van der Waals surface area contributed by atoms with Crippen molar-refractivity contribution in [3.05, 3.63) is 36.5 Å². The SMILES string of the molecule is CC1(C(=O)Nc2ccc(-c3ccn[nH]3)cc2)CCCO1. The van der Waals surface area contributed by atoms with E-state index in [1.54, 1.807) is 6.20 Å². The zero-order chi connectivity index (χ0) is 14.0. The fourth-order valence-corrected chi connectivity index (χ4v) is 2.37. The predicted octanol–water partition coefficient (Wildman–Crippen LogP) is 2.58. The van der Waals surface area contributed by atoms with Crippen molar-refractivity contribution in [2.75, 3.05) is 11.9 Å². The van der Waals surface area contributed by atoms with Crippen LogP contribution in [0.3, 0.4) is 0 Å². The molecule has 2 heterocycles. The first-order chi connectivity index (χ1) is 9.67. The molecular weight excluding hydrogens is 254 g/mol. The Morgan fingerprint density at radius 3 is 2.75 bits per heavy atom. The lowest BCUT2D eigenvalue weighted by molar-refractivity contribution is -0.133. The molecule has 20 heavy (non-hydrogen) atoms. The average Bonchev–Trinajstić information content (AvgIpc) is 3.11. The van der Waals surface area contributed by atoms with Crippen LogP contribution in [0.25, 0.3) is 11.3 Å². The first-order valence-corrected chi connectivity index (χ1v) is 6.73. The zero-order valence-corrected chi connectivity index (χ0v) is 11.3. The molecule has 1 unspecified atom stereocenters. The molecule has 0 radical (unpaired) electrons. The number of aromatic nitrogens is 2. The van der Waals surface area contributed by atoms with E-state index >= 15 is 0 Å². The molecule has 1 fully saturated rings. The number of amides is 1. The van der Waals surface area contributed by atoms with Gasteiger partial charge in [0.15, 0.2) is 0 Å². The largest absolute Gasteiger partial charge is 0.365 e. The molecule has 2 aromatic rings. The summed E-state index contributed by atoms with van der Waals surface area (Å²) >= 11 is 0. The van der Waals surface area contributed by atoms with Crippen LogP contribution < -0.4 is 5.32 Å². The maximum atomic E-state index is 12.2. The average molecular weight is 271 g/mol. The van der Waals surface area contributed by atoms with Gasteiger partial charge in [0.1, 0.15) is 5.60 Å². The highest BCUT2D eigenvalue weighted by molar-refractivity contribution is 5.97. The van der Waals surface area contributed by atoms with Crippen molar-refractivity contribution in [1.29, 1.82) is 0 Å². The molecule has 1 saturated heterocycles. The second kappa shape index (κ2) is 5.09. The van der Waals surface area contributed by atoms with Gasteiger partial charge in [-0.3, -0.25) is 9.89 Å². The van der Waals surface area contributed by atoms with Crippen LogP contribution in [-0.4, -0.2) is 28.3 Å². The molecule has 0 saturated carbocycles. The zero-order valence-electron chi connectivity index (χ0n) is 11.3. The summed E-state index contributed by atoms with van der Waals surface area (Å²) in [6, 6.07) is 9.56. The summed E-state index contributed by atoms with van der Waals surface area (Å²) in [4.78, 5) is 12.2. The van der Waals surface area contributed by atoms with E-state index in [4.69, 9.17) is 4.74 Å². The molecule has 0 aliphatic carbocycles. The smallest absolute Gasteiger partial charge is 0.256 e. The monoisotopic (exact) mass is 271 g/mol. The summed E-state index contributed by atoms with van der Waals surface area (Å²) in [6.45, 7) is 2.50. The Hall–Kier alpha value is -2.14. The Labute approximate surface area is 117 Å². The van der Waals surface area contributed by atoms with E-state index in [0.29, 0.717) is 6.61 Å². The molecule has 0 bridgehead atoms. The topological polar surface area (TPSA) is 67.0 Å². The minimum absolute atomic E-state index is 0.0794. The molecule has 2 N–H and O–H groups in total. The maximum Gasteiger partial charge on any atom is 0.256 e. The minimum atomic E-state index is -0.692. The molecule has 5 nitrogen and oxygen atoms in total. The molecular formula is C15H17N3O2. The van der Waals surface area contributed by atoms with E-state index in [1.807, 2.05) is 37.3 Å². The van der Waals surface area contributed by atoms with E-state index < -0.39 is 5.60 Å². The second-order valence-corrected chi connectivity index (χ2v) is 5.18. The lowest BCUT2D eigenvalue weighted by Crippen LogP contribution is -2.39. The van der Waals surface area contributed by atoms with Crippen LogP contribution in [0.1, 0.15) is 19.8 Å². The van der Waals surface area contributed by atoms with Crippen molar-refractivity contribution in [3.8, 4) is 11.3 Å². The van der Waals surface area contributed by atoms with Crippen LogP contribution in [0.4, 0.5) is 5.69 Å². The number of carbonyl (C=O) groups excluding carboxylic acids is 1. The van der Waals surface area contributed by atoms with E-state index in [2.05, 4.69) is 15.5 Å². The number of hydrogen-bond donors (Lipinski definition) is 2. The van der Waals surface area contributed by atoms with Gasteiger partial charge in [-0.25, -0.2) is 0 Å². The summed E-state index contributed by atoms with van der Waals surface area (Å²) in [7, 11) is 0. The van der Waals surface area contributed by atoms with Crippen molar-refractivity contribution in [2.45, 2.75) is 25.4 Å². The molecule has 104 valence electrons. The first kappa shape index (κ1) is 12.9. The van der Waals surface area contributed by atoms with Crippen LogP contribution >= 0.6 is 0 Å². The van der Waals surface area contributed by atoms with Gasteiger partial charge < -0.3 is 10.1 Å². The standard InChI is InChI=1S/C15H17N3O2/c1-15(8-2-10-20-15)14(19)17-12-5-3-11(4-6-12)13-7-9-16-18-13/h3-7,9H,2,8,10H2,1H3,(H,16,18)(H,17,19). The Balaban J connectivity index is 1.71. The summed E-state index contributed by atoms with van der Waals surface area (Å²) < 4.78 is 5.53. The molecule has 5 heteroatoms. The van der Waals surface area contributed by atoms with Gasteiger partial charge in [0.25, 0.3) is 5.91 Å². The van der Waals surface area contributed by atoms with Crippen molar-refractivity contribution in [2.24, 2.45) is 0 Å². The summed E-state index contributed by atoms with van der Waals surface area (Å²) in [5.74, 6) is -0.0794. The van der Waals surface area contributed by atoms with Crippen LogP contribution in [0.5, 0.6) is 0 Å². The fraction of sp³-hybridized carbons (Fsp3) is 0.333. The van der Waals surface area contributed by atoms with E-state index in [1.165, 1.54) is 0 Å². The Morgan fingerprint density at radius 2 is 2.15 bits per heavy atom. The van der Waals surface area contributed by atoms with Gasteiger partial charge in [-0.1, -0.05) is 12.1 Å². The summed E-state index contributed by atoms with van der Waals surface area (Å²) in [5.41, 5.74) is 2.06.